The summed E-state index contributed by atoms with van der Waals surface area (Å²) in [7, 11) is 1.61. The molecule has 0 fully saturated rings. The fourth-order valence-electron chi connectivity index (χ4n) is 3.21. The zero-order valence-electron chi connectivity index (χ0n) is 17.1. The molecule has 1 heterocycles. The summed E-state index contributed by atoms with van der Waals surface area (Å²) in [5.74, 6) is 1.22. The van der Waals surface area contributed by atoms with Gasteiger partial charge in [-0.05, 0) is 47.5 Å². The highest BCUT2D eigenvalue weighted by atomic mass is 16.6. The van der Waals surface area contributed by atoms with Crippen molar-refractivity contribution in [2.75, 3.05) is 7.11 Å². The number of non-ortho nitro benzene ring substituents is 1. The number of methoxy groups -OCH3 is 1. The summed E-state index contributed by atoms with van der Waals surface area (Å²) in [5, 5.41) is 21.4. The van der Waals surface area contributed by atoms with E-state index in [1.807, 2.05) is 24.3 Å². The molecule has 160 valence electrons. The highest BCUT2D eigenvalue weighted by Crippen LogP contribution is 2.37. The van der Waals surface area contributed by atoms with Gasteiger partial charge in [-0.1, -0.05) is 12.1 Å². The van der Waals surface area contributed by atoms with Crippen molar-refractivity contribution in [3.63, 3.8) is 0 Å². The fraction of sp³-hybridized carbons (Fsp3) is 0.0833. The molecule has 1 aromatic heterocycles. The standard InChI is InChI=1S/C24H19N3O5/c1-31-19-8-4-17(5-9-19)22-13-25-15-26-24(22)21-11-10-20(12-23(21)28)32-14-16-2-6-18(7-3-16)27(29)30/h2-13,15,28H,14H2,1H3. The number of ether oxygens (including phenoxy) is 2. The molecule has 0 atom stereocenters. The lowest BCUT2D eigenvalue weighted by atomic mass is 10.00. The molecule has 0 radical (unpaired) electrons. The van der Waals surface area contributed by atoms with Crippen LogP contribution < -0.4 is 9.47 Å². The van der Waals surface area contributed by atoms with Crippen LogP contribution in [0, 0.1) is 10.1 Å². The molecule has 0 saturated carbocycles. The predicted octanol–water partition coefficient (Wildman–Crippen LogP) is 5.01. The van der Waals surface area contributed by atoms with Crippen LogP contribution in [0.3, 0.4) is 0 Å². The first-order chi connectivity index (χ1) is 15.5. The third-order valence-corrected chi connectivity index (χ3v) is 4.89. The number of aromatic nitrogens is 2. The topological polar surface area (TPSA) is 108 Å². The van der Waals surface area contributed by atoms with Gasteiger partial charge >= 0.3 is 0 Å². The van der Waals surface area contributed by atoms with E-state index in [-0.39, 0.29) is 18.0 Å². The van der Waals surface area contributed by atoms with Crippen molar-refractivity contribution in [3.8, 4) is 39.6 Å². The minimum Gasteiger partial charge on any atom is -0.507 e. The van der Waals surface area contributed by atoms with E-state index in [1.54, 1.807) is 37.6 Å². The van der Waals surface area contributed by atoms with Crippen molar-refractivity contribution in [1.29, 1.82) is 0 Å². The molecule has 32 heavy (non-hydrogen) atoms. The van der Waals surface area contributed by atoms with E-state index in [2.05, 4.69) is 9.97 Å². The van der Waals surface area contributed by atoms with Gasteiger partial charge in [-0.15, -0.1) is 0 Å². The quantitative estimate of drug-likeness (QED) is 0.325. The van der Waals surface area contributed by atoms with Crippen molar-refractivity contribution in [1.82, 2.24) is 9.97 Å². The Kier molecular flexibility index (Phi) is 5.94. The van der Waals surface area contributed by atoms with Gasteiger partial charge in [-0.25, -0.2) is 9.97 Å². The minimum absolute atomic E-state index is 0.0136. The van der Waals surface area contributed by atoms with Crippen molar-refractivity contribution in [2.24, 2.45) is 0 Å². The molecule has 0 aliphatic carbocycles. The van der Waals surface area contributed by atoms with E-state index in [9.17, 15) is 15.2 Å². The Morgan fingerprint density at radius 3 is 2.34 bits per heavy atom. The Morgan fingerprint density at radius 2 is 1.69 bits per heavy atom. The molecule has 0 aliphatic rings. The summed E-state index contributed by atoms with van der Waals surface area (Å²) in [6.07, 6.45) is 3.13. The van der Waals surface area contributed by atoms with Gasteiger partial charge in [0, 0.05) is 35.5 Å². The molecule has 1 N–H and O–H groups in total. The van der Waals surface area contributed by atoms with Crippen LogP contribution in [0.1, 0.15) is 5.56 Å². The number of nitrogens with zero attached hydrogens (tertiary/aromatic N) is 3. The van der Waals surface area contributed by atoms with Gasteiger partial charge < -0.3 is 14.6 Å². The van der Waals surface area contributed by atoms with Gasteiger partial charge in [0.1, 0.15) is 30.2 Å². The first-order valence-electron chi connectivity index (χ1n) is 9.69. The van der Waals surface area contributed by atoms with Crippen molar-refractivity contribution in [2.45, 2.75) is 6.61 Å². The second-order valence-corrected chi connectivity index (χ2v) is 6.90. The zero-order valence-corrected chi connectivity index (χ0v) is 17.1. The van der Waals surface area contributed by atoms with E-state index < -0.39 is 4.92 Å². The lowest BCUT2D eigenvalue weighted by Gasteiger charge is -2.12. The number of rotatable bonds is 7. The molecule has 0 amide bonds. The summed E-state index contributed by atoms with van der Waals surface area (Å²) < 4.78 is 10.9. The van der Waals surface area contributed by atoms with Crippen molar-refractivity contribution < 1.29 is 19.5 Å². The van der Waals surface area contributed by atoms with Crippen molar-refractivity contribution in [3.05, 3.63) is 94.9 Å². The number of nitro benzene ring substituents is 1. The monoisotopic (exact) mass is 429 g/mol. The first-order valence-corrected chi connectivity index (χ1v) is 9.69. The average Bonchev–Trinajstić information content (AvgIpc) is 2.83. The van der Waals surface area contributed by atoms with E-state index >= 15 is 0 Å². The second kappa shape index (κ2) is 9.13. The molecule has 0 aliphatic heterocycles. The van der Waals surface area contributed by atoms with Crippen LogP contribution in [0.25, 0.3) is 22.4 Å². The maximum Gasteiger partial charge on any atom is 0.269 e. The molecular weight excluding hydrogens is 410 g/mol. The number of nitro groups is 1. The fourth-order valence-corrected chi connectivity index (χ4v) is 3.21. The molecule has 0 bridgehead atoms. The van der Waals surface area contributed by atoms with Crippen LogP contribution in [0.2, 0.25) is 0 Å². The molecule has 4 rings (SSSR count). The molecule has 0 unspecified atom stereocenters. The number of hydrogen-bond donors (Lipinski definition) is 1. The van der Waals surface area contributed by atoms with Crippen molar-refractivity contribution >= 4 is 5.69 Å². The van der Waals surface area contributed by atoms with Gasteiger partial charge in [0.15, 0.2) is 0 Å². The van der Waals surface area contributed by atoms with Crippen LogP contribution in [0.15, 0.2) is 79.3 Å². The number of phenols is 1. The number of hydrogen-bond acceptors (Lipinski definition) is 7. The molecule has 3 aromatic carbocycles. The SMILES string of the molecule is COc1ccc(-c2cncnc2-c2ccc(OCc3ccc([N+](=O)[O-])cc3)cc2O)cc1. The van der Waals surface area contributed by atoms with E-state index in [0.29, 0.717) is 17.0 Å². The summed E-state index contributed by atoms with van der Waals surface area (Å²) in [6.45, 7) is 0.210. The van der Waals surface area contributed by atoms with Crippen LogP contribution in [0.4, 0.5) is 5.69 Å². The van der Waals surface area contributed by atoms with Gasteiger partial charge in [0.05, 0.1) is 17.7 Å². The van der Waals surface area contributed by atoms with Crippen LogP contribution >= 0.6 is 0 Å². The van der Waals surface area contributed by atoms with Crippen LogP contribution in [0.5, 0.6) is 17.2 Å². The first kappa shape index (κ1) is 20.8. The molecule has 0 spiro atoms. The second-order valence-electron chi connectivity index (χ2n) is 6.90. The number of benzene rings is 3. The molecular formula is C24H19N3O5. The van der Waals surface area contributed by atoms with Gasteiger partial charge in [-0.3, -0.25) is 10.1 Å². The maximum atomic E-state index is 10.8. The van der Waals surface area contributed by atoms with E-state index in [1.165, 1.54) is 24.5 Å². The molecule has 8 heteroatoms. The zero-order chi connectivity index (χ0) is 22.5. The third kappa shape index (κ3) is 4.49. The van der Waals surface area contributed by atoms with Crippen LogP contribution in [-0.2, 0) is 6.61 Å². The Balaban J connectivity index is 1.55. The summed E-state index contributed by atoms with van der Waals surface area (Å²) in [6, 6.07) is 18.6. The summed E-state index contributed by atoms with van der Waals surface area (Å²) >= 11 is 0. The maximum absolute atomic E-state index is 10.8. The van der Waals surface area contributed by atoms with E-state index in [0.717, 1.165) is 22.4 Å². The number of aromatic hydroxyl groups is 1. The Bertz CT molecular complexity index is 1240. The highest BCUT2D eigenvalue weighted by molar-refractivity contribution is 5.83. The Morgan fingerprint density at radius 1 is 0.969 bits per heavy atom. The number of phenolic OH excluding ortho intramolecular Hbond substituents is 1. The third-order valence-electron chi connectivity index (χ3n) is 4.89. The molecule has 4 aromatic rings. The smallest absolute Gasteiger partial charge is 0.269 e. The van der Waals surface area contributed by atoms with E-state index in [4.69, 9.17) is 9.47 Å². The summed E-state index contributed by atoms with van der Waals surface area (Å²) in [4.78, 5) is 18.8. The predicted molar refractivity (Wildman–Crippen MR) is 119 cm³/mol. The van der Waals surface area contributed by atoms with Crippen LogP contribution in [-0.4, -0.2) is 27.1 Å². The normalized spacial score (nSPS) is 10.5. The molecule has 0 saturated heterocycles. The Labute approximate surface area is 183 Å². The molecule has 8 nitrogen and oxygen atoms in total. The minimum atomic E-state index is -0.450. The lowest BCUT2D eigenvalue weighted by molar-refractivity contribution is -0.384. The largest absolute Gasteiger partial charge is 0.507 e. The van der Waals surface area contributed by atoms with Gasteiger partial charge in [-0.2, -0.15) is 0 Å². The van der Waals surface area contributed by atoms with Gasteiger partial charge in [0.2, 0.25) is 0 Å². The highest BCUT2D eigenvalue weighted by Gasteiger charge is 2.14. The lowest BCUT2D eigenvalue weighted by Crippen LogP contribution is -1.97. The van der Waals surface area contributed by atoms with Gasteiger partial charge in [0.25, 0.3) is 5.69 Å². The average molecular weight is 429 g/mol. The summed E-state index contributed by atoms with van der Waals surface area (Å²) in [5.41, 5.74) is 3.58. The Hall–Kier alpha value is -4.46.